The molecule has 0 atom stereocenters. The number of hydrogen-bond acceptors (Lipinski definition) is 2. The molecule has 0 radical (unpaired) electrons. The van der Waals surface area contributed by atoms with Gasteiger partial charge in [0.1, 0.15) is 0 Å². The minimum Gasteiger partial charge on any atom is -0.358 e. The van der Waals surface area contributed by atoms with Crippen molar-refractivity contribution in [2.45, 2.75) is 27.7 Å². The first-order valence-corrected chi connectivity index (χ1v) is 6.78. The first-order chi connectivity index (χ1) is 9.59. The average molecular weight is 386 g/mol. The van der Waals surface area contributed by atoms with Crippen LogP contribution in [0.5, 0.6) is 0 Å². The van der Waals surface area contributed by atoms with Crippen molar-refractivity contribution in [3.05, 3.63) is 66.1 Å². The first-order valence-electron chi connectivity index (χ1n) is 6.78. The van der Waals surface area contributed by atoms with E-state index < -0.39 is 0 Å². The molecule has 0 aliphatic heterocycles. The van der Waals surface area contributed by atoms with E-state index in [0.717, 1.165) is 11.4 Å². The summed E-state index contributed by atoms with van der Waals surface area (Å²) in [5.41, 5.74) is 6.79. The zero-order chi connectivity index (χ0) is 14.5. The molecule has 2 aromatic rings. The van der Waals surface area contributed by atoms with Crippen molar-refractivity contribution in [1.82, 2.24) is 0 Å². The van der Waals surface area contributed by atoms with Crippen LogP contribution in [0.15, 0.2) is 46.4 Å². The Labute approximate surface area is 148 Å². The molecule has 0 aromatic heterocycles. The molecule has 0 spiro atoms. The Morgan fingerprint density at radius 2 is 0.909 bits per heavy atom. The molecule has 0 bridgehead atoms. The smallest absolute Gasteiger partial charge is 0.0688 e. The summed E-state index contributed by atoms with van der Waals surface area (Å²) in [6, 6.07) is 12.4. The molecule has 3 heteroatoms. The van der Waals surface area contributed by atoms with Crippen molar-refractivity contribution in [1.29, 1.82) is 0 Å². The maximum absolute atomic E-state index is 4.51. The monoisotopic (exact) mass is 385 g/mol. The van der Waals surface area contributed by atoms with E-state index in [9.17, 15) is 0 Å². The topological polar surface area (TPSA) is 24.7 Å². The molecule has 0 saturated heterocycles. The molecule has 0 fully saturated rings. The zero-order valence-corrected chi connectivity index (χ0v) is 15.4. The summed E-state index contributed by atoms with van der Waals surface area (Å²) in [6.07, 6.45) is 3.53. The Morgan fingerprint density at radius 3 is 1.18 bits per heavy atom. The van der Waals surface area contributed by atoms with Gasteiger partial charge in [-0.1, -0.05) is 36.4 Å². The fourth-order valence-corrected chi connectivity index (χ4v) is 2.23. The fraction of sp³-hybridized carbons (Fsp3) is 0.211. The first kappa shape index (κ1) is 20.4. The van der Waals surface area contributed by atoms with Gasteiger partial charge in [-0.25, -0.2) is 0 Å². The molecule has 2 aromatic carbocycles. The Morgan fingerprint density at radius 1 is 0.636 bits per heavy atom. The number of aryl methyl sites for hydroxylation is 4. The van der Waals surface area contributed by atoms with Crippen molar-refractivity contribution >= 4 is 23.8 Å². The van der Waals surface area contributed by atoms with Crippen LogP contribution in [0.2, 0.25) is 0 Å². The zero-order valence-electron chi connectivity index (χ0n) is 13.8. The molecule has 0 aliphatic carbocycles. The fourth-order valence-electron chi connectivity index (χ4n) is 2.23. The van der Waals surface area contributed by atoms with Gasteiger partial charge < -0.3 is 7.43 Å². The summed E-state index contributed by atoms with van der Waals surface area (Å²) >= 11 is 0. The quantitative estimate of drug-likeness (QED) is 0.380. The third kappa shape index (κ3) is 5.02. The van der Waals surface area contributed by atoms with Crippen molar-refractivity contribution in [2.24, 2.45) is 9.98 Å². The van der Waals surface area contributed by atoms with E-state index >= 15 is 0 Å². The van der Waals surface area contributed by atoms with Gasteiger partial charge in [0.05, 0.1) is 11.4 Å². The Balaban J connectivity index is 0.00000220. The maximum Gasteiger partial charge on any atom is 0.0688 e. The summed E-state index contributed by atoms with van der Waals surface area (Å²) in [7, 11) is 0. The van der Waals surface area contributed by atoms with E-state index in [1.807, 2.05) is 0 Å². The van der Waals surface area contributed by atoms with Crippen molar-refractivity contribution < 1.29 is 20.4 Å². The van der Waals surface area contributed by atoms with Crippen molar-refractivity contribution in [3.8, 4) is 0 Å². The van der Waals surface area contributed by atoms with Crippen LogP contribution in [-0.4, -0.2) is 12.4 Å². The van der Waals surface area contributed by atoms with Gasteiger partial charge in [-0.3, -0.25) is 9.98 Å². The van der Waals surface area contributed by atoms with Crippen molar-refractivity contribution in [2.75, 3.05) is 0 Å². The van der Waals surface area contributed by atoms with Crippen LogP contribution in [0.3, 0.4) is 0 Å². The van der Waals surface area contributed by atoms with Gasteiger partial charge in [0.15, 0.2) is 0 Å². The molecule has 0 heterocycles. The Hall–Kier alpha value is -1.56. The molecule has 0 unspecified atom stereocenters. The van der Waals surface area contributed by atoms with Crippen LogP contribution in [0.4, 0.5) is 11.4 Å². The van der Waals surface area contributed by atoms with Crippen LogP contribution >= 0.6 is 0 Å². The van der Waals surface area contributed by atoms with Gasteiger partial charge in [-0.15, -0.1) is 0 Å². The van der Waals surface area contributed by atoms with E-state index in [4.69, 9.17) is 0 Å². The molecule has 120 valence electrons. The van der Waals surface area contributed by atoms with Gasteiger partial charge in [-0.2, -0.15) is 0 Å². The average Bonchev–Trinajstić information content (AvgIpc) is 2.40. The third-order valence-electron chi connectivity index (χ3n) is 3.35. The molecule has 2 nitrogen and oxygen atoms in total. The van der Waals surface area contributed by atoms with E-state index in [2.05, 4.69) is 74.1 Å². The summed E-state index contributed by atoms with van der Waals surface area (Å²) in [5, 5.41) is 0. The molecule has 0 N–H and O–H groups in total. The molecule has 0 aliphatic rings. The minimum absolute atomic E-state index is 0. The van der Waals surface area contributed by atoms with Crippen LogP contribution < -0.4 is 0 Å². The van der Waals surface area contributed by atoms with Crippen LogP contribution in [0, 0.1) is 35.1 Å². The van der Waals surface area contributed by atoms with Gasteiger partial charge in [0.25, 0.3) is 0 Å². The second-order valence-corrected chi connectivity index (χ2v) is 5.04. The molecule has 2 rings (SSSR count). The second-order valence-electron chi connectivity index (χ2n) is 5.04. The predicted molar refractivity (Wildman–Crippen MR) is 94.6 cm³/mol. The molecule has 22 heavy (non-hydrogen) atoms. The van der Waals surface area contributed by atoms with E-state index in [-0.39, 0.29) is 27.8 Å². The second kappa shape index (κ2) is 9.46. The van der Waals surface area contributed by atoms with E-state index in [1.54, 1.807) is 12.4 Å². The molecular formula is C19H23N2Pd-. The van der Waals surface area contributed by atoms with Gasteiger partial charge in [0.2, 0.25) is 0 Å². The minimum atomic E-state index is 0. The normalized spacial score (nSPS) is 10.5. The number of rotatable bonds is 3. The van der Waals surface area contributed by atoms with E-state index in [0.29, 0.717) is 0 Å². The third-order valence-corrected chi connectivity index (χ3v) is 3.35. The molecule has 0 amide bonds. The summed E-state index contributed by atoms with van der Waals surface area (Å²) in [5.74, 6) is 0. The van der Waals surface area contributed by atoms with Gasteiger partial charge >= 0.3 is 0 Å². The standard InChI is InChI=1S/C18H20N2.CH3.Pd/c1-13-7-5-8-14(2)17(13)19-11-12-20-18-15(3)9-6-10-16(18)4;;/h5-12H,1-4H3;1H3;/q;-1;. The summed E-state index contributed by atoms with van der Waals surface area (Å²) in [4.78, 5) is 9.01. The number of benzene rings is 2. The predicted octanol–water partition coefficient (Wildman–Crippen LogP) is 5.47. The van der Waals surface area contributed by atoms with Crippen LogP contribution in [-0.2, 0) is 20.4 Å². The van der Waals surface area contributed by atoms with Crippen molar-refractivity contribution in [3.63, 3.8) is 0 Å². The molecule has 0 saturated carbocycles. The number of aliphatic imine (C=N–C) groups is 2. The van der Waals surface area contributed by atoms with Crippen LogP contribution in [0.25, 0.3) is 0 Å². The largest absolute Gasteiger partial charge is 0.358 e. The molecular weight excluding hydrogens is 363 g/mol. The van der Waals surface area contributed by atoms with Crippen LogP contribution in [0.1, 0.15) is 22.3 Å². The maximum atomic E-state index is 4.51. The van der Waals surface area contributed by atoms with Gasteiger partial charge in [0, 0.05) is 32.9 Å². The SMILES string of the molecule is Cc1cccc(C)c1N=CC=Nc1c(C)cccc1C.[CH3-].[Pd]. The van der Waals surface area contributed by atoms with E-state index in [1.165, 1.54) is 22.3 Å². The summed E-state index contributed by atoms with van der Waals surface area (Å²) < 4.78 is 0. The van der Waals surface area contributed by atoms with Gasteiger partial charge in [-0.05, 0) is 49.9 Å². The summed E-state index contributed by atoms with van der Waals surface area (Å²) in [6.45, 7) is 8.29. The number of nitrogens with zero attached hydrogens (tertiary/aromatic N) is 2. The Kier molecular flexibility index (Phi) is 8.79. The Bertz CT molecular complexity index is 573. The number of para-hydroxylation sites is 2. The number of hydrogen-bond donors (Lipinski definition) is 0.